The van der Waals surface area contributed by atoms with Gasteiger partial charge in [0.1, 0.15) is 17.5 Å². The van der Waals surface area contributed by atoms with Gasteiger partial charge in [0.2, 0.25) is 0 Å². The molecule has 4 aromatic rings. The number of ketones is 1. The Balaban J connectivity index is 1.50. The number of alkyl halides is 2. The van der Waals surface area contributed by atoms with Crippen molar-refractivity contribution in [3.8, 4) is 11.3 Å². The highest BCUT2D eigenvalue weighted by atomic mass is 32.2. The Hall–Kier alpha value is -3.71. The van der Waals surface area contributed by atoms with Crippen LogP contribution in [0, 0.1) is 5.92 Å². The summed E-state index contributed by atoms with van der Waals surface area (Å²) in [4.78, 5) is 25.8. The van der Waals surface area contributed by atoms with Gasteiger partial charge >= 0.3 is 0 Å². The maximum Gasteiger partial charge on any atom is 0.295 e. The zero-order valence-corrected chi connectivity index (χ0v) is 23.5. The summed E-state index contributed by atoms with van der Waals surface area (Å²) in [6, 6.07) is 6.51. The third kappa shape index (κ3) is 5.47. The molecule has 1 unspecified atom stereocenters. The van der Waals surface area contributed by atoms with Crippen molar-refractivity contribution < 1.29 is 26.7 Å². The van der Waals surface area contributed by atoms with Crippen LogP contribution in [0.4, 0.5) is 20.2 Å². The predicted molar refractivity (Wildman–Crippen MR) is 148 cm³/mol. The molecular weight excluding hydrogens is 554 g/mol. The van der Waals surface area contributed by atoms with Gasteiger partial charge in [0.15, 0.2) is 21.3 Å². The molecule has 41 heavy (non-hydrogen) atoms. The highest BCUT2D eigenvalue weighted by molar-refractivity contribution is 7.90. The summed E-state index contributed by atoms with van der Waals surface area (Å²) in [6.07, 6.45) is 4.64. The molecule has 10 nitrogen and oxygen atoms in total. The lowest BCUT2D eigenvalue weighted by Gasteiger charge is -2.25. The highest BCUT2D eigenvalue weighted by Crippen LogP contribution is 2.38. The Morgan fingerprint density at radius 1 is 1.15 bits per heavy atom. The molecule has 1 saturated heterocycles. The molecule has 4 heterocycles. The number of carbonyl (C=O) groups excluding carboxylic acids is 1. The normalized spacial score (nSPS) is 17.8. The molecule has 1 aliphatic heterocycles. The van der Waals surface area contributed by atoms with Gasteiger partial charge in [-0.3, -0.25) is 9.36 Å². The van der Waals surface area contributed by atoms with E-state index >= 15 is 0 Å². The molecule has 1 aliphatic carbocycles. The fourth-order valence-corrected chi connectivity index (χ4v) is 6.14. The van der Waals surface area contributed by atoms with E-state index in [-0.39, 0.29) is 45.6 Å². The van der Waals surface area contributed by atoms with E-state index in [1.165, 1.54) is 4.57 Å². The van der Waals surface area contributed by atoms with E-state index in [4.69, 9.17) is 4.74 Å². The lowest BCUT2D eigenvalue weighted by Crippen LogP contribution is -2.21. The summed E-state index contributed by atoms with van der Waals surface area (Å²) in [6.45, 7) is 0.429. The number of aromatic nitrogens is 5. The van der Waals surface area contributed by atoms with Crippen LogP contribution in [0.25, 0.3) is 22.4 Å². The summed E-state index contributed by atoms with van der Waals surface area (Å²) >= 11 is 0. The van der Waals surface area contributed by atoms with Gasteiger partial charge in [-0.25, -0.2) is 32.2 Å². The van der Waals surface area contributed by atoms with Gasteiger partial charge in [-0.2, -0.15) is 0 Å². The van der Waals surface area contributed by atoms with E-state index in [0.29, 0.717) is 24.3 Å². The van der Waals surface area contributed by atoms with Crippen molar-refractivity contribution in [3.05, 3.63) is 48.3 Å². The van der Waals surface area contributed by atoms with Crippen LogP contribution in [0.2, 0.25) is 0 Å². The first-order valence-electron chi connectivity index (χ1n) is 13.5. The zero-order chi connectivity index (χ0) is 28.9. The lowest BCUT2D eigenvalue weighted by atomic mass is 10.1. The zero-order valence-electron chi connectivity index (χ0n) is 22.7. The topological polar surface area (TPSA) is 121 Å². The number of carbonyl (C=O) groups is 1. The number of nitrogens with one attached hydrogen (secondary N) is 1. The van der Waals surface area contributed by atoms with Crippen molar-refractivity contribution in [3.63, 3.8) is 0 Å². The average Bonchev–Trinajstić information content (AvgIpc) is 3.59. The number of hydrogen-bond acceptors (Lipinski definition) is 8. The van der Waals surface area contributed by atoms with Crippen LogP contribution in [0.15, 0.2) is 41.7 Å². The second-order valence-electron chi connectivity index (χ2n) is 10.7. The number of aryl methyl sites for hydroxylation is 1. The molecule has 2 fully saturated rings. The van der Waals surface area contributed by atoms with Gasteiger partial charge in [-0.05, 0) is 50.3 Å². The number of ether oxygens (including phenoxy) is 1. The number of Topliss-reactive ketones (excluding diaryl/α,β-unsaturated/α-hetero) is 1. The fraction of sp³-hybridized carbons (Fsp3) is 0.429. The van der Waals surface area contributed by atoms with Crippen LogP contribution in [-0.4, -0.2) is 51.1 Å². The predicted octanol–water partition coefficient (Wildman–Crippen LogP) is 5.14. The molecule has 3 aromatic heterocycles. The summed E-state index contributed by atoms with van der Waals surface area (Å²) < 4.78 is 63.4. The van der Waals surface area contributed by atoms with E-state index in [9.17, 15) is 22.0 Å². The molecule has 0 radical (unpaired) electrons. The first kappa shape index (κ1) is 27.5. The molecule has 1 atom stereocenters. The molecular formula is C28H30F2N6O4S. The number of hydrogen-bond donors (Lipinski definition) is 1. The number of pyridine rings is 1. The van der Waals surface area contributed by atoms with Crippen molar-refractivity contribution in [2.24, 2.45) is 13.0 Å². The number of rotatable bonds is 9. The average molecular weight is 585 g/mol. The van der Waals surface area contributed by atoms with Gasteiger partial charge in [-0.1, -0.05) is 6.07 Å². The summed E-state index contributed by atoms with van der Waals surface area (Å²) in [5.41, 5.74) is 2.60. The fourth-order valence-electron chi connectivity index (χ4n) is 5.28. The maximum absolute atomic E-state index is 14.3. The van der Waals surface area contributed by atoms with Gasteiger partial charge in [0.05, 0.1) is 40.2 Å². The lowest BCUT2D eigenvalue weighted by molar-refractivity contribution is -0.119. The van der Waals surface area contributed by atoms with E-state index in [2.05, 4.69) is 20.3 Å². The van der Waals surface area contributed by atoms with Crippen molar-refractivity contribution in [1.82, 2.24) is 24.1 Å². The maximum atomic E-state index is 14.3. The van der Waals surface area contributed by atoms with E-state index in [1.54, 1.807) is 48.4 Å². The highest BCUT2D eigenvalue weighted by Gasteiger charge is 2.32. The van der Waals surface area contributed by atoms with Crippen molar-refractivity contribution in [2.75, 3.05) is 18.2 Å². The monoisotopic (exact) mass is 584 g/mol. The quantitative estimate of drug-likeness (QED) is 0.287. The number of benzene rings is 1. The van der Waals surface area contributed by atoms with Crippen LogP contribution in [-0.2, 0) is 32.8 Å². The number of sulfone groups is 1. The van der Waals surface area contributed by atoms with E-state index in [1.807, 2.05) is 0 Å². The van der Waals surface area contributed by atoms with Gasteiger partial charge < -0.3 is 14.6 Å². The first-order valence-corrected chi connectivity index (χ1v) is 15.4. The third-order valence-corrected chi connectivity index (χ3v) is 8.66. The standard InChI is InChI=1S/C28H30F2N6O4S/c1-35-15-31-14-21(35)17-8-9-19(23(11-17)41(2,38)39)33-20-12-18(13-22(37)16-6-7-16)32-27-25(20)34-28(26(29)30)36(27)24-5-3-4-10-40-24/h8-9,11-12,14-16,24,26H,3-7,10,13H2,1-2H3,(H,32,33). The minimum absolute atomic E-state index is 0.0106. The van der Waals surface area contributed by atoms with Crippen LogP contribution < -0.4 is 5.32 Å². The number of anilines is 2. The summed E-state index contributed by atoms with van der Waals surface area (Å²) in [5.74, 6) is -0.458. The first-order chi connectivity index (χ1) is 19.6. The minimum atomic E-state index is -3.73. The Morgan fingerprint density at radius 3 is 2.59 bits per heavy atom. The van der Waals surface area contributed by atoms with Crippen LogP contribution >= 0.6 is 0 Å². The molecule has 0 spiro atoms. The Bertz CT molecular complexity index is 1740. The molecule has 1 saturated carbocycles. The number of nitrogens with zero attached hydrogens (tertiary/aromatic N) is 5. The Morgan fingerprint density at radius 2 is 1.95 bits per heavy atom. The van der Waals surface area contributed by atoms with Crippen molar-refractivity contribution in [2.45, 2.75) is 56.1 Å². The molecule has 0 bridgehead atoms. The van der Waals surface area contributed by atoms with Gasteiger partial charge in [0.25, 0.3) is 6.43 Å². The number of imidazole rings is 2. The van der Waals surface area contributed by atoms with E-state index in [0.717, 1.165) is 37.6 Å². The van der Waals surface area contributed by atoms with Crippen molar-refractivity contribution in [1.29, 1.82) is 0 Å². The summed E-state index contributed by atoms with van der Waals surface area (Å²) in [7, 11) is -1.92. The smallest absolute Gasteiger partial charge is 0.295 e. The summed E-state index contributed by atoms with van der Waals surface area (Å²) in [5, 5.41) is 3.14. The van der Waals surface area contributed by atoms with Crippen molar-refractivity contribution >= 4 is 38.2 Å². The SMILES string of the molecule is Cn1cncc1-c1ccc(Nc2cc(CC(=O)C3CC3)nc3c2nc(C(F)F)n3C2CCCCO2)c(S(C)(=O)=O)c1. The van der Waals surface area contributed by atoms with Crippen LogP contribution in [0.5, 0.6) is 0 Å². The van der Waals surface area contributed by atoms with Crippen LogP contribution in [0.1, 0.15) is 56.3 Å². The second kappa shape index (κ2) is 10.6. The van der Waals surface area contributed by atoms with Gasteiger partial charge in [0, 0.05) is 37.8 Å². The molecule has 1 aromatic carbocycles. The van der Waals surface area contributed by atoms with E-state index < -0.39 is 28.3 Å². The Labute approximate surface area is 235 Å². The Kier molecular flexibility index (Phi) is 7.10. The number of halogens is 2. The van der Waals surface area contributed by atoms with Crippen LogP contribution in [0.3, 0.4) is 0 Å². The largest absolute Gasteiger partial charge is 0.358 e. The molecule has 6 rings (SSSR count). The molecule has 216 valence electrons. The minimum Gasteiger partial charge on any atom is -0.358 e. The third-order valence-electron chi connectivity index (χ3n) is 7.52. The molecule has 1 N–H and O–H groups in total. The van der Waals surface area contributed by atoms with Gasteiger partial charge in [-0.15, -0.1) is 0 Å². The molecule has 2 aliphatic rings. The molecule has 13 heteroatoms. The number of fused-ring (bicyclic) bond motifs is 1. The second-order valence-corrected chi connectivity index (χ2v) is 12.7. The molecule has 0 amide bonds.